The van der Waals surface area contributed by atoms with Gasteiger partial charge in [0.15, 0.2) is 0 Å². The van der Waals surface area contributed by atoms with Crippen LogP contribution < -0.4 is 5.14 Å². The topological polar surface area (TPSA) is 80.5 Å². The fourth-order valence-corrected chi connectivity index (χ4v) is 2.33. The van der Waals surface area contributed by atoms with Gasteiger partial charge in [-0.25, -0.2) is 13.6 Å². The van der Waals surface area contributed by atoms with Gasteiger partial charge in [-0.15, -0.1) is 11.6 Å². The fourth-order valence-electron chi connectivity index (χ4n) is 1.36. The van der Waals surface area contributed by atoms with E-state index in [0.29, 0.717) is 5.56 Å². The number of carbonyl (C=O) groups is 1. The number of hydrogen-bond acceptors (Lipinski definition) is 3. The Kier molecular flexibility index (Phi) is 4.50. The standard InChI is InChI=1S/C10H13ClN2O3S/c1-13(10(14)6-11)7-8-4-2-3-5-9(8)17(12,15)16/h2-5H,6-7H2,1H3,(H2,12,15,16). The predicted molar refractivity (Wildman–Crippen MR) is 65.0 cm³/mol. The first-order valence-corrected chi connectivity index (χ1v) is 6.85. The number of sulfonamides is 1. The molecule has 17 heavy (non-hydrogen) atoms. The van der Waals surface area contributed by atoms with Crippen LogP contribution in [0, 0.1) is 0 Å². The quantitative estimate of drug-likeness (QED) is 0.815. The maximum atomic E-state index is 11.3. The van der Waals surface area contributed by atoms with Crippen molar-refractivity contribution in [1.29, 1.82) is 0 Å². The Balaban J connectivity index is 3.04. The van der Waals surface area contributed by atoms with Crippen LogP contribution in [0.25, 0.3) is 0 Å². The van der Waals surface area contributed by atoms with E-state index in [2.05, 4.69) is 0 Å². The molecule has 0 atom stereocenters. The summed E-state index contributed by atoms with van der Waals surface area (Å²) in [5, 5.41) is 5.08. The maximum Gasteiger partial charge on any atom is 0.238 e. The van der Waals surface area contributed by atoms with E-state index in [4.69, 9.17) is 16.7 Å². The Labute approximate surface area is 105 Å². The van der Waals surface area contributed by atoms with Crippen LogP contribution in [0.3, 0.4) is 0 Å². The third-order valence-electron chi connectivity index (χ3n) is 2.23. The third kappa shape index (κ3) is 3.69. The second kappa shape index (κ2) is 5.48. The second-order valence-electron chi connectivity index (χ2n) is 3.54. The summed E-state index contributed by atoms with van der Waals surface area (Å²) in [5.41, 5.74) is 0.468. The zero-order chi connectivity index (χ0) is 13.1. The van der Waals surface area contributed by atoms with Crippen molar-refractivity contribution in [2.75, 3.05) is 12.9 Å². The van der Waals surface area contributed by atoms with Gasteiger partial charge in [-0.05, 0) is 11.6 Å². The summed E-state index contributed by atoms with van der Waals surface area (Å²) in [4.78, 5) is 12.7. The average Bonchev–Trinajstić information content (AvgIpc) is 2.27. The number of halogens is 1. The third-order valence-corrected chi connectivity index (χ3v) is 3.47. The molecule has 1 aromatic carbocycles. The van der Waals surface area contributed by atoms with Gasteiger partial charge in [-0.1, -0.05) is 18.2 Å². The first kappa shape index (κ1) is 14.0. The predicted octanol–water partition coefficient (Wildman–Crippen LogP) is 0.531. The van der Waals surface area contributed by atoms with Gasteiger partial charge in [-0.2, -0.15) is 0 Å². The zero-order valence-electron chi connectivity index (χ0n) is 9.26. The first-order valence-electron chi connectivity index (χ1n) is 4.77. The van der Waals surface area contributed by atoms with E-state index >= 15 is 0 Å². The molecule has 1 aromatic rings. The molecule has 0 aliphatic rings. The highest BCUT2D eigenvalue weighted by Crippen LogP contribution is 2.15. The molecule has 0 fully saturated rings. The van der Waals surface area contributed by atoms with Crippen molar-refractivity contribution in [1.82, 2.24) is 4.90 Å². The van der Waals surface area contributed by atoms with Crippen molar-refractivity contribution in [2.45, 2.75) is 11.4 Å². The summed E-state index contributed by atoms with van der Waals surface area (Å²) < 4.78 is 22.6. The molecule has 1 rings (SSSR count). The van der Waals surface area contributed by atoms with Gasteiger partial charge in [0.05, 0.1) is 4.90 Å². The number of carbonyl (C=O) groups excluding carboxylic acids is 1. The van der Waals surface area contributed by atoms with E-state index in [9.17, 15) is 13.2 Å². The van der Waals surface area contributed by atoms with Crippen LogP contribution in [-0.2, 0) is 21.4 Å². The Bertz CT molecular complexity index is 516. The number of nitrogens with zero attached hydrogens (tertiary/aromatic N) is 1. The summed E-state index contributed by atoms with van der Waals surface area (Å²) >= 11 is 5.41. The number of nitrogens with two attached hydrogens (primary N) is 1. The number of rotatable bonds is 4. The van der Waals surface area contributed by atoms with E-state index in [0.717, 1.165) is 0 Å². The van der Waals surface area contributed by atoms with Gasteiger partial charge >= 0.3 is 0 Å². The van der Waals surface area contributed by atoms with Crippen molar-refractivity contribution in [3.8, 4) is 0 Å². The van der Waals surface area contributed by atoms with Crippen LogP contribution >= 0.6 is 11.6 Å². The van der Waals surface area contributed by atoms with Crippen LogP contribution in [0.1, 0.15) is 5.56 Å². The van der Waals surface area contributed by atoms with Crippen molar-refractivity contribution in [3.05, 3.63) is 29.8 Å². The van der Waals surface area contributed by atoms with Crippen molar-refractivity contribution < 1.29 is 13.2 Å². The molecule has 0 saturated carbocycles. The SMILES string of the molecule is CN(Cc1ccccc1S(N)(=O)=O)C(=O)CCl. The van der Waals surface area contributed by atoms with Gasteiger partial charge < -0.3 is 4.90 Å². The second-order valence-corrected chi connectivity index (χ2v) is 5.33. The van der Waals surface area contributed by atoms with Gasteiger partial charge in [0.1, 0.15) is 5.88 Å². The van der Waals surface area contributed by atoms with Gasteiger partial charge in [0, 0.05) is 13.6 Å². The van der Waals surface area contributed by atoms with E-state index in [1.807, 2.05) is 0 Å². The van der Waals surface area contributed by atoms with Gasteiger partial charge in [-0.3, -0.25) is 4.79 Å². The monoisotopic (exact) mass is 276 g/mol. The van der Waals surface area contributed by atoms with Crippen LogP contribution in [0.4, 0.5) is 0 Å². The summed E-state index contributed by atoms with van der Waals surface area (Å²) in [7, 11) is -2.24. The maximum absolute atomic E-state index is 11.3. The largest absolute Gasteiger partial charge is 0.340 e. The lowest BCUT2D eigenvalue weighted by Crippen LogP contribution is -2.28. The zero-order valence-corrected chi connectivity index (χ0v) is 10.8. The Morgan fingerprint density at radius 3 is 2.53 bits per heavy atom. The molecule has 0 aliphatic carbocycles. The number of benzene rings is 1. The number of hydrogen-bond donors (Lipinski definition) is 1. The number of amides is 1. The molecule has 2 N–H and O–H groups in total. The summed E-state index contributed by atoms with van der Waals surface area (Å²) in [6.45, 7) is 0.151. The van der Waals surface area contributed by atoms with E-state index < -0.39 is 10.0 Å². The molecule has 0 spiro atoms. The van der Waals surface area contributed by atoms with Crippen LogP contribution in [0.2, 0.25) is 0 Å². The summed E-state index contributed by atoms with van der Waals surface area (Å²) in [6.07, 6.45) is 0. The molecule has 7 heteroatoms. The fraction of sp³-hybridized carbons (Fsp3) is 0.300. The van der Waals surface area contributed by atoms with E-state index in [1.54, 1.807) is 25.2 Å². The Morgan fingerprint density at radius 2 is 2.00 bits per heavy atom. The molecule has 1 amide bonds. The molecular weight excluding hydrogens is 264 g/mol. The molecular formula is C10H13ClN2O3S. The van der Waals surface area contributed by atoms with E-state index in [1.165, 1.54) is 11.0 Å². The molecule has 94 valence electrons. The lowest BCUT2D eigenvalue weighted by atomic mass is 10.2. The molecule has 5 nitrogen and oxygen atoms in total. The number of alkyl halides is 1. The van der Waals surface area contributed by atoms with Crippen molar-refractivity contribution in [2.24, 2.45) is 5.14 Å². The smallest absolute Gasteiger partial charge is 0.238 e. The molecule has 0 radical (unpaired) electrons. The van der Waals surface area contributed by atoms with Crippen molar-refractivity contribution in [3.63, 3.8) is 0 Å². The molecule has 0 bridgehead atoms. The first-order chi connectivity index (χ1) is 7.86. The Morgan fingerprint density at radius 1 is 1.41 bits per heavy atom. The summed E-state index contributed by atoms with van der Waals surface area (Å²) in [6, 6.07) is 6.27. The summed E-state index contributed by atoms with van der Waals surface area (Å²) in [5.74, 6) is -0.426. The Hall–Kier alpha value is -1.11. The lowest BCUT2D eigenvalue weighted by molar-refractivity contribution is -0.127. The van der Waals surface area contributed by atoms with Crippen LogP contribution in [0.15, 0.2) is 29.2 Å². The minimum atomic E-state index is -3.78. The minimum absolute atomic E-state index is 0.0224. The van der Waals surface area contributed by atoms with Crippen LogP contribution in [-0.4, -0.2) is 32.2 Å². The molecule has 0 saturated heterocycles. The minimum Gasteiger partial charge on any atom is -0.340 e. The molecule has 0 heterocycles. The average molecular weight is 277 g/mol. The molecule has 0 aliphatic heterocycles. The lowest BCUT2D eigenvalue weighted by Gasteiger charge is -2.17. The number of primary sulfonamides is 1. The highest BCUT2D eigenvalue weighted by atomic mass is 35.5. The highest BCUT2D eigenvalue weighted by Gasteiger charge is 2.16. The van der Waals surface area contributed by atoms with Gasteiger partial charge in [0.25, 0.3) is 0 Å². The van der Waals surface area contributed by atoms with Gasteiger partial charge in [0.2, 0.25) is 15.9 Å². The van der Waals surface area contributed by atoms with E-state index in [-0.39, 0.29) is 23.2 Å². The molecule has 0 unspecified atom stereocenters. The normalized spacial score (nSPS) is 11.2. The van der Waals surface area contributed by atoms with Crippen LogP contribution in [0.5, 0.6) is 0 Å². The highest BCUT2D eigenvalue weighted by molar-refractivity contribution is 7.89. The molecule has 0 aromatic heterocycles. The van der Waals surface area contributed by atoms with Crippen molar-refractivity contribution >= 4 is 27.5 Å².